The third-order valence-electron chi connectivity index (χ3n) is 3.06. The van der Waals surface area contributed by atoms with Crippen molar-refractivity contribution in [2.24, 2.45) is 5.92 Å². The molecule has 1 aromatic carbocycles. The number of halogens is 2. The van der Waals surface area contributed by atoms with Crippen LogP contribution in [0.5, 0.6) is 0 Å². The van der Waals surface area contributed by atoms with E-state index in [4.69, 9.17) is 28.5 Å². The van der Waals surface area contributed by atoms with Crippen molar-refractivity contribution >= 4 is 34.9 Å². The molecular weight excluding hydrogens is 285 g/mol. The van der Waals surface area contributed by atoms with E-state index in [-0.39, 0.29) is 11.9 Å². The lowest BCUT2D eigenvalue weighted by molar-refractivity contribution is 0.189. The molecule has 4 nitrogen and oxygen atoms in total. The number of carbonyl (C=O) groups excluding carboxylic acids is 1. The number of carbonyl (C=O) groups is 1. The average molecular weight is 298 g/mol. The lowest BCUT2D eigenvalue weighted by Crippen LogP contribution is -2.42. The van der Waals surface area contributed by atoms with Crippen molar-refractivity contribution < 1.29 is 4.79 Å². The molecule has 1 heterocycles. The Balaban J connectivity index is 2.04. The molecule has 100 valence electrons. The van der Waals surface area contributed by atoms with Crippen LogP contribution in [0, 0.1) is 17.2 Å². The maximum absolute atomic E-state index is 12.1. The van der Waals surface area contributed by atoms with Crippen LogP contribution in [-0.2, 0) is 0 Å². The summed E-state index contributed by atoms with van der Waals surface area (Å²) in [5, 5.41) is 12.6. The van der Waals surface area contributed by atoms with E-state index in [2.05, 4.69) is 11.4 Å². The second kappa shape index (κ2) is 6.14. The minimum absolute atomic E-state index is 0.0886. The number of amides is 2. The largest absolute Gasteiger partial charge is 0.323 e. The first-order chi connectivity index (χ1) is 9.10. The first-order valence-corrected chi connectivity index (χ1v) is 6.76. The van der Waals surface area contributed by atoms with Gasteiger partial charge in [0.25, 0.3) is 0 Å². The third-order valence-corrected chi connectivity index (χ3v) is 3.63. The first kappa shape index (κ1) is 14.0. The van der Waals surface area contributed by atoms with Crippen molar-refractivity contribution in [2.45, 2.75) is 12.8 Å². The van der Waals surface area contributed by atoms with Crippen LogP contribution >= 0.6 is 23.2 Å². The zero-order valence-electron chi connectivity index (χ0n) is 10.2. The molecule has 0 spiro atoms. The number of urea groups is 1. The van der Waals surface area contributed by atoms with Gasteiger partial charge in [-0.05, 0) is 31.0 Å². The van der Waals surface area contributed by atoms with Gasteiger partial charge < -0.3 is 10.2 Å². The Labute approximate surface area is 121 Å². The second-order valence-electron chi connectivity index (χ2n) is 4.47. The van der Waals surface area contributed by atoms with Crippen LogP contribution in [0.1, 0.15) is 12.8 Å². The van der Waals surface area contributed by atoms with Crippen molar-refractivity contribution in [1.82, 2.24) is 4.90 Å². The molecule has 0 aromatic heterocycles. The molecule has 1 aliphatic heterocycles. The van der Waals surface area contributed by atoms with Crippen LogP contribution in [0.3, 0.4) is 0 Å². The average Bonchev–Trinajstić information content (AvgIpc) is 2.43. The van der Waals surface area contributed by atoms with Gasteiger partial charge in [-0.2, -0.15) is 5.26 Å². The highest BCUT2D eigenvalue weighted by Gasteiger charge is 2.23. The molecule has 1 aliphatic rings. The van der Waals surface area contributed by atoms with Gasteiger partial charge in [-0.25, -0.2) is 4.79 Å². The normalized spacial score (nSPS) is 18.8. The summed E-state index contributed by atoms with van der Waals surface area (Å²) in [6.45, 7) is 1.11. The van der Waals surface area contributed by atoms with E-state index in [1.165, 1.54) is 0 Å². The van der Waals surface area contributed by atoms with Crippen molar-refractivity contribution in [3.05, 3.63) is 28.2 Å². The van der Waals surface area contributed by atoms with Crippen molar-refractivity contribution in [2.75, 3.05) is 18.4 Å². The molecule has 1 unspecified atom stereocenters. The zero-order chi connectivity index (χ0) is 13.8. The fourth-order valence-electron chi connectivity index (χ4n) is 2.05. The molecule has 2 amide bonds. The molecule has 6 heteroatoms. The highest BCUT2D eigenvalue weighted by Crippen LogP contribution is 2.26. The van der Waals surface area contributed by atoms with Gasteiger partial charge in [0.2, 0.25) is 0 Å². The summed E-state index contributed by atoms with van der Waals surface area (Å²) in [4.78, 5) is 13.7. The van der Waals surface area contributed by atoms with Gasteiger partial charge in [-0.3, -0.25) is 0 Å². The number of benzene rings is 1. The van der Waals surface area contributed by atoms with E-state index in [0.29, 0.717) is 28.8 Å². The van der Waals surface area contributed by atoms with Gasteiger partial charge in [0, 0.05) is 18.1 Å². The number of likely N-dealkylation sites (tertiary alicyclic amines) is 1. The summed E-state index contributed by atoms with van der Waals surface area (Å²) in [5.41, 5.74) is 0.484. The summed E-state index contributed by atoms with van der Waals surface area (Å²) < 4.78 is 0. The van der Waals surface area contributed by atoms with Gasteiger partial charge in [0.1, 0.15) is 0 Å². The van der Waals surface area contributed by atoms with Crippen LogP contribution in [0.15, 0.2) is 18.2 Å². The Kier molecular flexibility index (Phi) is 4.52. The van der Waals surface area contributed by atoms with Gasteiger partial charge in [0.15, 0.2) is 0 Å². The van der Waals surface area contributed by atoms with Crippen LogP contribution in [-0.4, -0.2) is 24.0 Å². The maximum Gasteiger partial charge on any atom is 0.321 e. The zero-order valence-corrected chi connectivity index (χ0v) is 11.7. The molecule has 1 aromatic rings. The lowest BCUT2D eigenvalue weighted by atomic mass is 10.0. The van der Waals surface area contributed by atoms with Gasteiger partial charge in [-0.1, -0.05) is 23.2 Å². The predicted molar refractivity (Wildman–Crippen MR) is 75.4 cm³/mol. The number of nitrogens with one attached hydrogen (secondary N) is 1. The number of anilines is 1. The molecule has 2 rings (SSSR count). The third kappa shape index (κ3) is 3.52. The SMILES string of the molecule is N#CC1CCCN(C(=O)Nc2cc(Cl)ccc2Cl)C1. The van der Waals surface area contributed by atoms with Gasteiger partial charge >= 0.3 is 6.03 Å². The van der Waals surface area contributed by atoms with Crippen molar-refractivity contribution in [1.29, 1.82) is 5.26 Å². The number of hydrogen-bond donors (Lipinski definition) is 1. The van der Waals surface area contributed by atoms with E-state index >= 15 is 0 Å². The van der Waals surface area contributed by atoms with Crippen molar-refractivity contribution in [3.8, 4) is 6.07 Å². The fraction of sp³-hybridized carbons (Fsp3) is 0.385. The molecule has 19 heavy (non-hydrogen) atoms. The Hall–Kier alpha value is -1.44. The summed E-state index contributed by atoms with van der Waals surface area (Å²) >= 11 is 11.9. The molecule has 1 N–H and O–H groups in total. The van der Waals surface area contributed by atoms with Crippen molar-refractivity contribution in [3.63, 3.8) is 0 Å². The predicted octanol–water partition coefficient (Wildman–Crippen LogP) is 3.76. The topological polar surface area (TPSA) is 56.1 Å². The Bertz CT molecular complexity index is 527. The first-order valence-electron chi connectivity index (χ1n) is 6.00. The summed E-state index contributed by atoms with van der Waals surface area (Å²) in [6, 6.07) is 6.85. The number of nitriles is 1. The maximum atomic E-state index is 12.1. The molecular formula is C13H13Cl2N3O. The minimum atomic E-state index is -0.246. The summed E-state index contributed by atoms with van der Waals surface area (Å²) in [7, 11) is 0. The molecule has 0 radical (unpaired) electrons. The highest BCUT2D eigenvalue weighted by atomic mass is 35.5. The lowest BCUT2D eigenvalue weighted by Gasteiger charge is -2.29. The number of hydrogen-bond acceptors (Lipinski definition) is 2. The molecule has 1 atom stereocenters. The smallest absolute Gasteiger partial charge is 0.321 e. The molecule has 0 saturated carbocycles. The van der Waals surface area contributed by atoms with E-state index in [9.17, 15) is 4.79 Å². The molecule has 0 aliphatic carbocycles. The molecule has 0 bridgehead atoms. The highest BCUT2D eigenvalue weighted by molar-refractivity contribution is 6.35. The molecule has 1 fully saturated rings. The fourth-order valence-corrected chi connectivity index (χ4v) is 2.39. The standard InChI is InChI=1S/C13H13Cl2N3O/c14-10-3-4-11(15)12(6-10)17-13(19)18-5-1-2-9(7-16)8-18/h3-4,6,9H,1-2,5,8H2,(H,17,19). The van der Waals surface area contributed by atoms with Crippen LogP contribution < -0.4 is 5.32 Å². The van der Waals surface area contributed by atoms with E-state index in [0.717, 1.165) is 12.8 Å². The molecule has 1 saturated heterocycles. The van der Waals surface area contributed by atoms with E-state index in [1.54, 1.807) is 23.1 Å². The van der Waals surface area contributed by atoms with Crippen LogP contribution in [0.2, 0.25) is 10.0 Å². The summed E-state index contributed by atoms with van der Waals surface area (Å²) in [6.07, 6.45) is 1.69. The Morgan fingerprint density at radius 2 is 2.26 bits per heavy atom. The Morgan fingerprint density at radius 1 is 1.47 bits per heavy atom. The van der Waals surface area contributed by atoms with E-state index in [1.807, 2.05) is 0 Å². The van der Waals surface area contributed by atoms with Crippen LogP contribution in [0.25, 0.3) is 0 Å². The van der Waals surface area contributed by atoms with Crippen LogP contribution in [0.4, 0.5) is 10.5 Å². The summed E-state index contributed by atoms with van der Waals surface area (Å²) in [5.74, 6) is -0.0886. The van der Waals surface area contributed by atoms with Gasteiger partial charge in [0.05, 0.1) is 22.7 Å². The second-order valence-corrected chi connectivity index (χ2v) is 5.31. The van der Waals surface area contributed by atoms with E-state index < -0.39 is 0 Å². The van der Waals surface area contributed by atoms with Gasteiger partial charge in [-0.15, -0.1) is 0 Å². The Morgan fingerprint density at radius 3 is 3.00 bits per heavy atom. The number of nitrogens with zero attached hydrogens (tertiary/aromatic N) is 2. The quantitative estimate of drug-likeness (QED) is 0.858. The number of rotatable bonds is 1. The minimum Gasteiger partial charge on any atom is -0.323 e. The number of piperidine rings is 1. The monoisotopic (exact) mass is 297 g/mol.